The average molecular weight is 257 g/mol. The second kappa shape index (κ2) is 6.73. The molecule has 1 heterocycles. The van der Waals surface area contributed by atoms with Crippen molar-refractivity contribution in [3.05, 3.63) is 42.1 Å². The summed E-state index contributed by atoms with van der Waals surface area (Å²) in [5.41, 5.74) is 1.82. The molecule has 1 aromatic carbocycles. The van der Waals surface area contributed by atoms with Crippen LogP contribution in [0.2, 0.25) is 0 Å². The lowest BCUT2D eigenvalue weighted by molar-refractivity contribution is 0.240. The predicted octanol–water partition coefficient (Wildman–Crippen LogP) is 2.83. The highest BCUT2D eigenvalue weighted by Crippen LogP contribution is 2.11. The third-order valence-electron chi connectivity index (χ3n) is 2.90. The fourth-order valence-electron chi connectivity index (χ4n) is 1.82. The number of amides is 2. The summed E-state index contributed by atoms with van der Waals surface area (Å²) in [5, 5.41) is 6.73. The number of urea groups is 1. The van der Waals surface area contributed by atoms with Crippen molar-refractivity contribution in [1.29, 1.82) is 0 Å². The van der Waals surface area contributed by atoms with Crippen LogP contribution in [0.5, 0.6) is 0 Å². The van der Waals surface area contributed by atoms with Gasteiger partial charge in [0.05, 0.1) is 17.8 Å². The molecular formula is C15H19N3O. The van der Waals surface area contributed by atoms with E-state index in [-0.39, 0.29) is 6.03 Å². The highest BCUT2D eigenvalue weighted by molar-refractivity contribution is 5.78. The molecule has 0 atom stereocenters. The van der Waals surface area contributed by atoms with E-state index < -0.39 is 0 Å². The maximum atomic E-state index is 11.5. The van der Waals surface area contributed by atoms with E-state index in [0.29, 0.717) is 13.1 Å². The SMILES string of the molecule is CCCCNC(=O)NCc1ccc2ccccc2n1. The van der Waals surface area contributed by atoms with E-state index in [0.717, 1.165) is 29.4 Å². The predicted molar refractivity (Wildman–Crippen MR) is 76.9 cm³/mol. The zero-order chi connectivity index (χ0) is 13.5. The highest BCUT2D eigenvalue weighted by Gasteiger charge is 2.01. The number of benzene rings is 1. The molecule has 19 heavy (non-hydrogen) atoms. The summed E-state index contributed by atoms with van der Waals surface area (Å²) in [6, 6.07) is 11.8. The largest absolute Gasteiger partial charge is 0.338 e. The van der Waals surface area contributed by atoms with Gasteiger partial charge in [-0.2, -0.15) is 0 Å². The molecule has 1 aromatic heterocycles. The van der Waals surface area contributed by atoms with Gasteiger partial charge in [0, 0.05) is 11.9 Å². The van der Waals surface area contributed by atoms with Crippen molar-refractivity contribution < 1.29 is 4.79 Å². The Labute approximate surface area is 113 Å². The zero-order valence-corrected chi connectivity index (χ0v) is 11.1. The molecule has 2 aromatic rings. The normalized spacial score (nSPS) is 10.4. The van der Waals surface area contributed by atoms with Gasteiger partial charge in [-0.1, -0.05) is 37.6 Å². The number of carbonyl (C=O) groups excluding carboxylic acids is 1. The van der Waals surface area contributed by atoms with E-state index in [9.17, 15) is 4.79 Å². The van der Waals surface area contributed by atoms with Crippen LogP contribution in [0.15, 0.2) is 36.4 Å². The van der Waals surface area contributed by atoms with Crippen molar-refractivity contribution in [1.82, 2.24) is 15.6 Å². The third kappa shape index (κ3) is 3.95. The Kier molecular flexibility index (Phi) is 4.72. The van der Waals surface area contributed by atoms with Gasteiger partial charge in [-0.05, 0) is 18.6 Å². The summed E-state index contributed by atoms with van der Waals surface area (Å²) in [6.45, 7) is 3.26. The summed E-state index contributed by atoms with van der Waals surface area (Å²) in [4.78, 5) is 16.0. The Bertz CT molecular complexity index is 554. The number of unbranched alkanes of at least 4 members (excludes halogenated alkanes) is 1. The van der Waals surface area contributed by atoms with Gasteiger partial charge in [0.15, 0.2) is 0 Å². The molecule has 0 aliphatic heterocycles. The van der Waals surface area contributed by atoms with Crippen LogP contribution < -0.4 is 10.6 Å². The Balaban J connectivity index is 1.89. The number of aromatic nitrogens is 1. The minimum absolute atomic E-state index is 0.136. The molecule has 2 rings (SSSR count). The topological polar surface area (TPSA) is 54.0 Å². The van der Waals surface area contributed by atoms with Crippen molar-refractivity contribution in [3.63, 3.8) is 0 Å². The third-order valence-corrected chi connectivity index (χ3v) is 2.90. The molecule has 0 unspecified atom stereocenters. The lowest BCUT2D eigenvalue weighted by atomic mass is 10.2. The smallest absolute Gasteiger partial charge is 0.315 e. The van der Waals surface area contributed by atoms with Crippen LogP contribution >= 0.6 is 0 Å². The fourth-order valence-corrected chi connectivity index (χ4v) is 1.82. The van der Waals surface area contributed by atoms with Crippen molar-refractivity contribution in [2.45, 2.75) is 26.3 Å². The van der Waals surface area contributed by atoms with Crippen LogP contribution in [0.25, 0.3) is 10.9 Å². The van der Waals surface area contributed by atoms with Gasteiger partial charge in [-0.25, -0.2) is 4.79 Å². The van der Waals surface area contributed by atoms with E-state index in [2.05, 4.69) is 22.5 Å². The Hall–Kier alpha value is -2.10. The van der Waals surface area contributed by atoms with E-state index >= 15 is 0 Å². The Morgan fingerprint density at radius 2 is 2.00 bits per heavy atom. The van der Waals surface area contributed by atoms with Crippen LogP contribution in [0.3, 0.4) is 0 Å². The number of para-hydroxylation sites is 1. The standard InChI is InChI=1S/C15H19N3O/c1-2-3-10-16-15(19)17-11-13-9-8-12-6-4-5-7-14(12)18-13/h4-9H,2-3,10-11H2,1H3,(H2,16,17,19). The number of pyridine rings is 1. The van der Waals surface area contributed by atoms with Gasteiger partial charge >= 0.3 is 6.03 Å². The van der Waals surface area contributed by atoms with E-state index in [1.54, 1.807) is 0 Å². The molecule has 100 valence electrons. The number of hydrogen-bond acceptors (Lipinski definition) is 2. The molecule has 0 spiro atoms. The molecule has 0 saturated heterocycles. The molecule has 2 amide bonds. The maximum Gasteiger partial charge on any atom is 0.315 e. The fraction of sp³-hybridized carbons (Fsp3) is 0.333. The first kappa shape index (κ1) is 13.3. The van der Waals surface area contributed by atoms with Crippen molar-refractivity contribution >= 4 is 16.9 Å². The average Bonchev–Trinajstić information content (AvgIpc) is 2.45. The minimum atomic E-state index is -0.136. The first-order valence-corrected chi connectivity index (χ1v) is 6.66. The molecule has 0 saturated carbocycles. The van der Waals surface area contributed by atoms with Gasteiger partial charge in [0.2, 0.25) is 0 Å². The molecular weight excluding hydrogens is 238 g/mol. The summed E-state index contributed by atoms with van der Waals surface area (Å²) in [7, 11) is 0. The number of hydrogen-bond donors (Lipinski definition) is 2. The lowest BCUT2D eigenvalue weighted by Crippen LogP contribution is -2.35. The quantitative estimate of drug-likeness (QED) is 0.809. The van der Waals surface area contributed by atoms with Gasteiger partial charge in [-0.15, -0.1) is 0 Å². The zero-order valence-electron chi connectivity index (χ0n) is 11.1. The monoisotopic (exact) mass is 257 g/mol. The van der Waals surface area contributed by atoms with Crippen LogP contribution in [-0.4, -0.2) is 17.6 Å². The van der Waals surface area contributed by atoms with Gasteiger partial charge in [-0.3, -0.25) is 4.98 Å². The first-order valence-electron chi connectivity index (χ1n) is 6.66. The lowest BCUT2D eigenvalue weighted by Gasteiger charge is -2.07. The Morgan fingerprint density at radius 1 is 1.16 bits per heavy atom. The maximum absolute atomic E-state index is 11.5. The molecule has 0 fully saturated rings. The molecule has 0 aliphatic carbocycles. The van der Waals surface area contributed by atoms with Crippen LogP contribution in [0.1, 0.15) is 25.5 Å². The van der Waals surface area contributed by atoms with Gasteiger partial charge < -0.3 is 10.6 Å². The summed E-state index contributed by atoms with van der Waals surface area (Å²) in [5.74, 6) is 0. The molecule has 0 aliphatic rings. The number of rotatable bonds is 5. The van der Waals surface area contributed by atoms with Crippen molar-refractivity contribution in [3.8, 4) is 0 Å². The second-order valence-electron chi connectivity index (χ2n) is 4.46. The second-order valence-corrected chi connectivity index (χ2v) is 4.46. The number of carbonyl (C=O) groups is 1. The summed E-state index contributed by atoms with van der Waals surface area (Å²) in [6.07, 6.45) is 2.08. The first-order chi connectivity index (χ1) is 9.29. The van der Waals surface area contributed by atoms with Crippen molar-refractivity contribution in [2.24, 2.45) is 0 Å². The number of fused-ring (bicyclic) bond motifs is 1. The molecule has 2 N–H and O–H groups in total. The van der Waals surface area contributed by atoms with Crippen LogP contribution in [0.4, 0.5) is 4.79 Å². The van der Waals surface area contributed by atoms with Crippen LogP contribution in [0, 0.1) is 0 Å². The van der Waals surface area contributed by atoms with Gasteiger partial charge in [0.25, 0.3) is 0 Å². The number of nitrogens with one attached hydrogen (secondary N) is 2. The minimum Gasteiger partial charge on any atom is -0.338 e. The van der Waals surface area contributed by atoms with E-state index in [1.165, 1.54) is 0 Å². The number of nitrogens with zero attached hydrogens (tertiary/aromatic N) is 1. The summed E-state index contributed by atoms with van der Waals surface area (Å²) < 4.78 is 0. The highest BCUT2D eigenvalue weighted by atomic mass is 16.2. The van der Waals surface area contributed by atoms with E-state index in [1.807, 2.05) is 36.4 Å². The van der Waals surface area contributed by atoms with Crippen LogP contribution in [-0.2, 0) is 6.54 Å². The molecule has 0 radical (unpaired) electrons. The summed E-state index contributed by atoms with van der Waals surface area (Å²) >= 11 is 0. The van der Waals surface area contributed by atoms with Crippen molar-refractivity contribution in [2.75, 3.05) is 6.54 Å². The molecule has 4 nitrogen and oxygen atoms in total. The Morgan fingerprint density at radius 3 is 2.84 bits per heavy atom. The molecule has 4 heteroatoms. The van der Waals surface area contributed by atoms with E-state index in [4.69, 9.17) is 0 Å². The van der Waals surface area contributed by atoms with Gasteiger partial charge in [0.1, 0.15) is 0 Å². The molecule has 0 bridgehead atoms.